The van der Waals surface area contributed by atoms with Crippen molar-refractivity contribution < 1.29 is 9.53 Å². The zero-order chi connectivity index (χ0) is 13.0. The van der Waals surface area contributed by atoms with Gasteiger partial charge in [0.25, 0.3) is 0 Å². The largest absolute Gasteiger partial charge is 0.378 e. The van der Waals surface area contributed by atoms with E-state index in [1.165, 1.54) is 0 Å². The van der Waals surface area contributed by atoms with E-state index in [9.17, 15) is 4.79 Å². The van der Waals surface area contributed by atoms with Gasteiger partial charge in [-0.2, -0.15) is 5.26 Å². The summed E-state index contributed by atoms with van der Waals surface area (Å²) in [5, 5.41) is 8.85. The van der Waals surface area contributed by atoms with E-state index in [0.717, 1.165) is 5.56 Å². The number of nitriles is 1. The van der Waals surface area contributed by atoms with Crippen molar-refractivity contribution in [3.05, 3.63) is 35.4 Å². The van der Waals surface area contributed by atoms with Crippen molar-refractivity contribution >= 4 is 5.91 Å². The number of nitrogens with zero attached hydrogens (tertiary/aromatic N) is 2. The molecular weight excluding hydrogens is 230 g/mol. The smallest absolute Gasteiger partial charge is 0.237 e. The molecule has 1 aliphatic heterocycles. The average molecular weight is 245 g/mol. The molecule has 1 aliphatic rings. The van der Waals surface area contributed by atoms with E-state index in [0.29, 0.717) is 31.9 Å². The van der Waals surface area contributed by atoms with Gasteiger partial charge in [0.2, 0.25) is 5.91 Å². The minimum Gasteiger partial charge on any atom is -0.378 e. The Balaban J connectivity index is 2.11. The van der Waals surface area contributed by atoms with Crippen LogP contribution in [0.1, 0.15) is 11.1 Å². The highest BCUT2D eigenvalue weighted by atomic mass is 16.5. The molecule has 0 saturated carbocycles. The predicted octanol–water partition coefficient (Wildman–Crippen LogP) is 0.244. The maximum atomic E-state index is 11.3. The third-order valence-corrected chi connectivity index (χ3v) is 3.01. The molecule has 0 spiro atoms. The van der Waals surface area contributed by atoms with Gasteiger partial charge in [-0.05, 0) is 17.7 Å². The molecule has 0 bridgehead atoms. The van der Waals surface area contributed by atoms with Gasteiger partial charge in [-0.3, -0.25) is 9.69 Å². The Morgan fingerprint density at radius 2 is 2.44 bits per heavy atom. The molecule has 1 aromatic rings. The molecule has 1 atom stereocenters. The summed E-state index contributed by atoms with van der Waals surface area (Å²) < 4.78 is 5.26. The zero-order valence-electron chi connectivity index (χ0n) is 10.0. The van der Waals surface area contributed by atoms with Gasteiger partial charge in [-0.1, -0.05) is 12.1 Å². The van der Waals surface area contributed by atoms with Crippen LogP contribution in [-0.4, -0.2) is 36.6 Å². The van der Waals surface area contributed by atoms with Crippen molar-refractivity contribution in [1.82, 2.24) is 4.90 Å². The first-order chi connectivity index (χ1) is 8.70. The second-order valence-electron chi connectivity index (χ2n) is 4.28. The molecule has 2 rings (SSSR count). The van der Waals surface area contributed by atoms with Crippen LogP contribution in [0.2, 0.25) is 0 Å². The minimum atomic E-state index is -0.385. The molecule has 0 radical (unpaired) electrons. The van der Waals surface area contributed by atoms with Crippen LogP contribution in [0, 0.1) is 11.3 Å². The van der Waals surface area contributed by atoms with Gasteiger partial charge < -0.3 is 10.5 Å². The number of carbonyl (C=O) groups excluding carboxylic acids is 1. The highest BCUT2D eigenvalue weighted by Crippen LogP contribution is 2.13. The highest BCUT2D eigenvalue weighted by Gasteiger charge is 2.27. The van der Waals surface area contributed by atoms with Gasteiger partial charge in [-0.25, -0.2) is 0 Å². The van der Waals surface area contributed by atoms with Gasteiger partial charge in [0, 0.05) is 13.1 Å². The molecule has 1 fully saturated rings. The number of ether oxygens (including phenoxy) is 1. The van der Waals surface area contributed by atoms with Crippen LogP contribution in [0.5, 0.6) is 0 Å². The number of hydrogen-bond acceptors (Lipinski definition) is 4. The lowest BCUT2D eigenvalue weighted by atomic mass is 10.1. The summed E-state index contributed by atoms with van der Waals surface area (Å²) in [6, 6.07) is 9.08. The molecule has 0 unspecified atom stereocenters. The Labute approximate surface area is 106 Å². The van der Waals surface area contributed by atoms with Gasteiger partial charge in [-0.15, -0.1) is 0 Å². The van der Waals surface area contributed by atoms with E-state index in [2.05, 4.69) is 6.07 Å². The highest BCUT2D eigenvalue weighted by molar-refractivity contribution is 5.80. The summed E-state index contributed by atoms with van der Waals surface area (Å²) in [6.07, 6.45) is 0. The molecule has 1 heterocycles. The predicted molar refractivity (Wildman–Crippen MR) is 65.4 cm³/mol. The number of primary amides is 1. The van der Waals surface area contributed by atoms with E-state index >= 15 is 0 Å². The summed E-state index contributed by atoms with van der Waals surface area (Å²) in [7, 11) is 0. The molecule has 1 amide bonds. The molecule has 2 N–H and O–H groups in total. The van der Waals surface area contributed by atoms with Crippen LogP contribution >= 0.6 is 0 Å². The fourth-order valence-electron chi connectivity index (χ4n) is 2.06. The standard InChI is InChI=1S/C13H15N3O2/c14-7-10-2-1-3-11(6-10)8-16-4-5-18-9-12(16)13(15)17/h1-3,6,12H,4-5,8-9H2,(H2,15,17)/t12-/m0/s1. The number of morpholine rings is 1. The quantitative estimate of drug-likeness (QED) is 0.827. The third-order valence-electron chi connectivity index (χ3n) is 3.01. The average Bonchev–Trinajstić information content (AvgIpc) is 2.39. The van der Waals surface area contributed by atoms with Crippen LogP contribution in [0.3, 0.4) is 0 Å². The summed E-state index contributed by atoms with van der Waals surface area (Å²) in [5.41, 5.74) is 6.98. The number of benzene rings is 1. The SMILES string of the molecule is N#Cc1cccc(CN2CCOC[C@H]2C(N)=O)c1. The van der Waals surface area contributed by atoms with Crippen molar-refractivity contribution in [1.29, 1.82) is 5.26 Å². The topological polar surface area (TPSA) is 79.3 Å². The van der Waals surface area contributed by atoms with E-state index in [4.69, 9.17) is 15.7 Å². The maximum Gasteiger partial charge on any atom is 0.237 e. The Morgan fingerprint density at radius 1 is 1.61 bits per heavy atom. The van der Waals surface area contributed by atoms with Gasteiger partial charge in [0.05, 0.1) is 24.8 Å². The molecule has 0 aromatic heterocycles. The van der Waals surface area contributed by atoms with E-state index < -0.39 is 0 Å². The number of carbonyl (C=O) groups is 1. The fraction of sp³-hybridized carbons (Fsp3) is 0.385. The van der Waals surface area contributed by atoms with Crippen molar-refractivity contribution in [2.45, 2.75) is 12.6 Å². The number of rotatable bonds is 3. The Bertz CT molecular complexity index is 481. The van der Waals surface area contributed by atoms with Crippen LogP contribution in [0.15, 0.2) is 24.3 Å². The summed E-state index contributed by atoms with van der Waals surface area (Å²) in [6.45, 7) is 2.21. The molecule has 1 aromatic carbocycles. The van der Waals surface area contributed by atoms with Crippen molar-refractivity contribution in [3.8, 4) is 6.07 Å². The lowest BCUT2D eigenvalue weighted by Gasteiger charge is -2.33. The second kappa shape index (κ2) is 5.63. The van der Waals surface area contributed by atoms with Crippen molar-refractivity contribution in [3.63, 3.8) is 0 Å². The van der Waals surface area contributed by atoms with Gasteiger partial charge in [0.15, 0.2) is 0 Å². The minimum absolute atomic E-state index is 0.341. The molecular formula is C13H15N3O2. The number of amides is 1. The lowest BCUT2D eigenvalue weighted by Crippen LogP contribution is -2.51. The van der Waals surface area contributed by atoms with Gasteiger partial charge >= 0.3 is 0 Å². The number of hydrogen-bond donors (Lipinski definition) is 1. The summed E-state index contributed by atoms with van der Waals surface area (Å²) in [5.74, 6) is -0.369. The second-order valence-corrected chi connectivity index (χ2v) is 4.28. The number of nitrogens with two attached hydrogens (primary N) is 1. The first kappa shape index (κ1) is 12.6. The van der Waals surface area contributed by atoms with Crippen LogP contribution in [0.25, 0.3) is 0 Å². The van der Waals surface area contributed by atoms with Crippen molar-refractivity contribution in [2.75, 3.05) is 19.8 Å². The molecule has 1 saturated heterocycles. The van der Waals surface area contributed by atoms with E-state index in [-0.39, 0.29) is 11.9 Å². The summed E-state index contributed by atoms with van der Waals surface area (Å²) in [4.78, 5) is 13.3. The molecule has 5 nitrogen and oxygen atoms in total. The monoisotopic (exact) mass is 245 g/mol. The molecule has 94 valence electrons. The summed E-state index contributed by atoms with van der Waals surface area (Å²) >= 11 is 0. The first-order valence-corrected chi connectivity index (χ1v) is 5.81. The molecule has 0 aliphatic carbocycles. The zero-order valence-corrected chi connectivity index (χ0v) is 10.0. The molecule has 18 heavy (non-hydrogen) atoms. The third kappa shape index (κ3) is 2.86. The Hall–Kier alpha value is -1.90. The van der Waals surface area contributed by atoms with E-state index in [1.807, 2.05) is 23.1 Å². The van der Waals surface area contributed by atoms with E-state index in [1.54, 1.807) is 6.07 Å². The Morgan fingerprint density at radius 3 is 3.17 bits per heavy atom. The van der Waals surface area contributed by atoms with Crippen LogP contribution in [-0.2, 0) is 16.1 Å². The maximum absolute atomic E-state index is 11.3. The Kier molecular flexibility index (Phi) is 3.92. The lowest BCUT2D eigenvalue weighted by molar-refractivity contribution is -0.129. The first-order valence-electron chi connectivity index (χ1n) is 5.81. The van der Waals surface area contributed by atoms with Gasteiger partial charge in [0.1, 0.15) is 6.04 Å². The van der Waals surface area contributed by atoms with Crippen LogP contribution in [0.4, 0.5) is 0 Å². The van der Waals surface area contributed by atoms with Crippen LogP contribution < -0.4 is 5.73 Å². The van der Waals surface area contributed by atoms with Crippen molar-refractivity contribution in [2.24, 2.45) is 5.73 Å². The normalized spacial score (nSPS) is 20.3. The fourth-order valence-corrected chi connectivity index (χ4v) is 2.06. The molecule has 5 heteroatoms.